The minimum Gasteiger partial charge on any atom is -0.500 e. The number of Topliss-reactive ketones (excluding diaryl/α,β-unsaturated/α-hetero) is 2. The molecule has 0 saturated heterocycles. The van der Waals surface area contributed by atoms with Crippen molar-refractivity contribution in [2.45, 2.75) is 129 Å². The van der Waals surface area contributed by atoms with Gasteiger partial charge < -0.3 is 23.7 Å². The van der Waals surface area contributed by atoms with Crippen molar-refractivity contribution < 1.29 is 42.9 Å². The van der Waals surface area contributed by atoms with Crippen LogP contribution in [0.15, 0.2) is 114 Å². The third-order valence-electron chi connectivity index (χ3n) is 20.3. The molecule has 0 bridgehead atoms. The summed E-state index contributed by atoms with van der Waals surface area (Å²) >= 11 is 0. The van der Waals surface area contributed by atoms with Crippen LogP contribution in [0.1, 0.15) is 145 Å². The molecule has 0 aromatic heterocycles. The molecule has 0 N–H and O–H groups in total. The molecule has 10 rings (SSSR count). The van der Waals surface area contributed by atoms with Gasteiger partial charge in [-0.05, 0) is 211 Å². The fourth-order valence-electron chi connectivity index (χ4n) is 15.7. The molecular formula is C80H102N4O9. The number of aryl methyl sites for hydroxylation is 1. The molecule has 0 spiro atoms. The van der Waals surface area contributed by atoms with Crippen LogP contribution in [0.4, 0.5) is 0 Å². The molecular weight excluding hydrogens is 1160 g/mol. The van der Waals surface area contributed by atoms with Crippen LogP contribution >= 0.6 is 0 Å². The summed E-state index contributed by atoms with van der Waals surface area (Å²) in [6.07, 6.45) is 40.7. The summed E-state index contributed by atoms with van der Waals surface area (Å²) in [5, 5.41) is 0. The number of nitrogens with zero attached hydrogens (tertiary/aromatic N) is 4. The molecule has 496 valence electrons. The number of fused-ring (bicyclic) bond motifs is 9. The van der Waals surface area contributed by atoms with Crippen LogP contribution in [0.2, 0.25) is 0 Å². The van der Waals surface area contributed by atoms with Gasteiger partial charge in [-0.15, -0.1) is 25.7 Å². The lowest BCUT2D eigenvalue weighted by atomic mass is 9.51. The Labute approximate surface area is 557 Å². The van der Waals surface area contributed by atoms with Gasteiger partial charge in [-0.2, -0.15) is 0 Å². The highest BCUT2D eigenvalue weighted by atomic mass is 16.5. The van der Waals surface area contributed by atoms with Gasteiger partial charge in [0.15, 0.2) is 5.78 Å². The SMILES string of the molecule is C#CCN(C)CCO/C=C/C.C#CCN(C)CCO/C=C/C.C#CCN(C)CCOc1ccc([C@H]2C[C@]3(C)C(=O)CCC3C3CCC4=CC(=O)CCC4=C32)cc1.C#CCN(C)CCOc1ccc([C@H]2C[C@]3(C)C(=O)CCC3C3CCc4cc(OC(C)=O)ccc4C32)cc1. The molecule has 4 fully saturated rings. The van der Waals surface area contributed by atoms with Crippen LogP contribution in [-0.2, 0) is 35.1 Å². The first-order valence-corrected chi connectivity index (χ1v) is 33.6. The quantitative estimate of drug-likeness (QED) is 0.0294. The Balaban J connectivity index is 0.000000200. The Bertz CT molecular complexity index is 3280. The average molecular weight is 1260 g/mol. The number of benzene rings is 3. The number of hydrogen-bond donors (Lipinski definition) is 0. The van der Waals surface area contributed by atoms with Gasteiger partial charge in [0.1, 0.15) is 42.0 Å². The van der Waals surface area contributed by atoms with Crippen molar-refractivity contribution >= 4 is 23.3 Å². The number of rotatable bonds is 23. The third-order valence-corrected chi connectivity index (χ3v) is 20.3. The summed E-state index contributed by atoms with van der Waals surface area (Å²) in [6, 6.07) is 23.1. The van der Waals surface area contributed by atoms with Gasteiger partial charge >= 0.3 is 5.97 Å². The predicted octanol–water partition coefficient (Wildman–Crippen LogP) is 12.7. The maximum atomic E-state index is 13.2. The van der Waals surface area contributed by atoms with Crippen molar-refractivity contribution in [3.05, 3.63) is 136 Å². The zero-order valence-corrected chi connectivity index (χ0v) is 57.0. The number of ketones is 3. The Hall–Kier alpha value is -7.62. The molecule has 3 aromatic rings. The van der Waals surface area contributed by atoms with E-state index < -0.39 is 0 Å². The highest BCUT2D eigenvalue weighted by molar-refractivity contribution is 5.93. The van der Waals surface area contributed by atoms with Gasteiger partial charge in [0, 0.05) is 69.1 Å². The van der Waals surface area contributed by atoms with E-state index in [2.05, 4.69) is 102 Å². The van der Waals surface area contributed by atoms with Gasteiger partial charge in [-0.1, -0.05) is 85.6 Å². The van der Waals surface area contributed by atoms with E-state index in [1.54, 1.807) is 12.5 Å². The highest BCUT2D eigenvalue weighted by Gasteiger charge is 2.59. The van der Waals surface area contributed by atoms with Gasteiger partial charge in [-0.25, -0.2) is 0 Å². The molecule has 13 nitrogen and oxygen atoms in total. The monoisotopic (exact) mass is 1260 g/mol. The normalized spacial score (nSPS) is 24.8. The summed E-state index contributed by atoms with van der Waals surface area (Å²) in [7, 11) is 7.92. The summed E-state index contributed by atoms with van der Waals surface area (Å²) in [5.74, 6) is 16.2. The summed E-state index contributed by atoms with van der Waals surface area (Å²) < 4.78 is 27.5. The smallest absolute Gasteiger partial charge is 0.308 e. The van der Waals surface area contributed by atoms with E-state index in [1.165, 1.54) is 45.9 Å². The number of ether oxygens (including phenoxy) is 5. The maximum Gasteiger partial charge on any atom is 0.308 e. The molecule has 0 amide bonds. The number of esters is 1. The lowest BCUT2D eigenvalue weighted by Crippen LogP contribution is -2.46. The molecule has 93 heavy (non-hydrogen) atoms. The number of likely N-dealkylation sites (N-methyl/N-ethyl adjacent to an activating group) is 4. The van der Waals surface area contributed by atoms with Crippen molar-refractivity contribution in [2.75, 3.05) is 107 Å². The second-order valence-corrected chi connectivity index (χ2v) is 26.7. The number of hydrogen-bond acceptors (Lipinski definition) is 13. The van der Waals surface area contributed by atoms with Crippen LogP contribution in [-0.4, -0.2) is 150 Å². The fourth-order valence-corrected chi connectivity index (χ4v) is 15.7. The van der Waals surface area contributed by atoms with E-state index in [4.69, 9.17) is 49.4 Å². The lowest BCUT2D eigenvalue weighted by molar-refractivity contribution is -0.132. The Morgan fingerprint density at radius 1 is 0.570 bits per heavy atom. The molecule has 4 saturated carbocycles. The van der Waals surface area contributed by atoms with E-state index in [0.717, 1.165) is 102 Å². The predicted molar refractivity (Wildman–Crippen MR) is 371 cm³/mol. The largest absolute Gasteiger partial charge is 0.500 e. The Kier molecular flexibility index (Phi) is 27.9. The zero-order chi connectivity index (χ0) is 67.1. The van der Waals surface area contributed by atoms with Crippen LogP contribution in [0, 0.1) is 83.9 Å². The second kappa shape index (κ2) is 35.6. The first-order chi connectivity index (χ1) is 44.8. The first-order valence-electron chi connectivity index (χ1n) is 33.6. The molecule has 7 aliphatic rings. The van der Waals surface area contributed by atoms with E-state index in [0.29, 0.717) is 112 Å². The zero-order valence-electron chi connectivity index (χ0n) is 57.0. The van der Waals surface area contributed by atoms with Crippen molar-refractivity contribution in [1.29, 1.82) is 0 Å². The number of carbonyl (C=O) groups excluding carboxylic acids is 4. The third kappa shape index (κ3) is 19.3. The number of terminal acetylenes is 4. The molecule has 7 aliphatic carbocycles. The van der Waals surface area contributed by atoms with Gasteiger partial charge in [0.05, 0.1) is 51.9 Å². The minimum absolute atomic E-state index is 0.232. The highest BCUT2D eigenvalue weighted by Crippen LogP contribution is 2.65. The van der Waals surface area contributed by atoms with Crippen LogP contribution in [0.25, 0.3) is 0 Å². The summed E-state index contributed by atoms with van der Waals surface area (Å²) in [4.78, 5) is 58.1. The van der Waals surface area contributed by atoms with Crippen LogP contribution in [0.3, 0.4) is 0 Å². The molecule has 0 heterocycles. The topological polar surface area (TPSA) is 127 Å². The van der Waals surface area contributed by atoms with Crippen LogP contribution < -0.4 is 14.2 Å². The molecule has 9 atom stereocenters. The van der Waals surface area contributed by atoms with Crippen molar-refractivity contribution in [3.8, 4) is 66.6 Å². The number of carbonyl (C=O) groups is 4. The maximum absolute atomic E-state index is 13.2. The van der Waals surface area contributed by atoms with Crippen molar-refractivity contribution in [2.24, 2.45) is 34.5 Å². The van der Waals surface area contributed by atoms with E-state index in [-0.39, 0.29) is 34.4 Å². The van der Waals surface area contributed by atoms with E-state index in [9.17, 15) is 19.2 Å². The van der Waals surface area contributed by atoms with Crippen LogP contribution in [0.5, 0.6) is 17.2 Å². The van der Waals surface area contributed by atoms with Gasteiger partial charge in [0.2, 0.25) is 0 Å². The first kappa shape index (κ1) is 72.8. The molecule has 13 heteroatoms. The van der Waals surface area contributed by atoms with Gasteiger partial charge in [0.25, 0.3) is 0 Å². The summed E-state index contributed by atoms with van der Waals surface area (Å²) in [6.45, 7) is 18.2. The fraction of sp³-hybridized carbons (Fsp3) is 0.525. The second-order valence-electron chi connectivity index (χ2n) is 26.7. The lowest BCUT2D eigenvalue weighted by Gasteiger charge is -2.52. The molecule has 5 unspecified atom stereocenters. The van der Waals surface area contributed by atoms with E-state index >= 15 is 0 Å². The number of allylic oxidation sites excluding steroid dienone is 6. The van der Waals surface area contributed by atoms with Crippen molar-refractivity contribution in [1.82, 2.24) is 19.6 Å². The van der Waals surface area contributed by atoms with Gasteiger partial charge in [-0.3, -0.25) is 38.8 Å². The molecule has 0 radical (unpaired) electrons. The standard InChI is InChI=1S/C32H37NO4.C30H35NO3.2C9H15NO/c1-5-16-33(4)17-18-36-24-9-6-22(7-10-24)28-20-32(3)29(14-15-30(32)35)27-12-8-23-19-25(37-21(2)34)11-13-26(23)31(27)28;1-4-15-31(3)16-17-34-23-9-5-20(6-10-23)26-19-30(2)27(13-14-28(30)33)25-11-7-21-18-22(32)8-12-24(21)29(25)26;2*1-4-6-10(3)7-9-11-8-5-2/h1,6-7,9-11,13,19,27-29,31H,8,12,14-18,20H2,2-4H3;1,5-6,9-10,18,25-27H,7-8,11-17,19H2,2-3H3;2*1,5,8H,6-7,9H2,2-3H3/b;;2*8-5+/t27?,28-,29?,31?,32+;25?,26-,27?,30+;;/m11../s1. The Morgan fingerprint density at radius 3 is 1.58 bits per heavy atom. The minimum atomic E-state index is -0.297. The molecule has 0 aliphatic heterocycles. The average Bonchev–Trinajstić information content (AvgIpc) is 1.71. The van der Waals surface area contributed by atoms with E-state index in [1.807, 2.05) is 82.2 Å². The molecule has 3 aromatic carbocycles. The van der Waals surface area contributed by atoms with Crippen molar-refractivity contribution in [3.63, 3.8) is 0 Å². The summed E-state index contributed by atoms with van der Waals surface area (Å²) in [5.41, 5.74) is 8.90. The Morgan fingerprint density at radius 2 is 1.06 bits per heavy atom.